The van der Waals surface area contributed by atoms with Crippen molar-refractivity contribution in [2.24, 2.45) is 11.7 Å². The van der Waals surface area contributed by atoms with Crippen molar-refractivity contribution in [3.05, 3.63) is 35.9 Å². The summed E-state index contributed by atoms with van der Waals surface area (Å²) >= 11 is 0. The Morgan fingerprint density at radius 1 is 1.26 bits per heavy atom. The summed E-state index contributed by atoms with van der Waals surface area (Å²) < 4.78 is 0. The monoisotopic (exact) mass is 260 g/mol. The molecule has 2 unspecified atom stereocenters. The van der Waals surface area contributed by atoms with E-state index in [4.69, 9.17) is 5.73 Å². The quantitative estimate of drug-likeness (QED) is 0.849. The van der Waals surface area contributed by atoms with Crippen molar-refractivity contribution in [1.29, 1.82) is 0 Å². The van der Waals surface area contributed by atoms with Gasteiger partial charge in [-0.25, -0.2) is 0 Å². The van der Waals surface area contributed by atoms with E-state index < -0.39 is 0 Å². The van der Waals surface area contributed by atoms with E-state index in [-0.39, 0.29) is 5.54 Å². The van der Waals surface area contributed by atoms with Gasteiger partial charge in [-0.3, -0.25) is 4.90 Å². The van der Waals surface area contributed by atoms with Crippen LogP contribution in [0.4, 0.5) is 0 Å². The van der Waals surface area contributed by atoms with Gasteiger partial charge < -0.3 is 5.73 Å². The van der Waals surface area contributed by atoms with E-state index in [1.165, 1.54) is 31.2 Å². The molecule has 0 aliphatic heterocycles. The molecule has 106 valence electrons. The molecule has 0 aromatic heterocycles. The summed E-state index contributed by atoms with van der Waals surface area (Å²) in [6.07, 6.45) is 5.20. The van der Waals surface area contributed by atoms with Crippen molar-refractivity contribution < 1.29 is 0 Å². The highest BCUT2D eigenvalue weighted by atomic mass is 15.2. The fraction of sp³-hybridized carbons (Fsp3) is 0.647. The Hall–Kier alpha value is -0.860. The Bertz CT molecular complexity index is 376. The molecule has 0 spiro atoms. The molecule has 2 rings (SSSR count). The van der Waals surface area contributed by atoms with Gasteiger partial charge >= 0.3 is 0 Å². The molecule has 0 heterocycles. The minimum Gasteiger partial charge on any atom is -0.329 e. The highest BCUT2D eigenvalue weighted by Gasteiger charge is 2.44. The molecule has 0 radical (unpaired) electrons. The maximum absolute atomic E-state index is 6.22. The van der Waals surface area contributed by atoms with Crippen LogP contribution in [0.15, 0.2) is 30.3 Å². The molecule has 19 heavy (non-hydrogen) atoms. The molecule has 1 fully saturated rings. The van der Waals surface area contributed by atoms with Crippen LogP contribution in [0.1, 0.15) is 45.1 Å². The van der Waals surface area contributed by atoms with E-state index in [1.54, 1.807) is 0 Å². The number of nitrogens with zero attached hydrogens (tertiary/aromatic N) is 1. The lowest BCUT2D eigenvalue weighted by molar-refractivity contribution is 0.0530. The van der Waals surface area contributed by atoms with E-state index >= 15 is 0 Å². The fourth-order valence-electron chi connectivity index (χ4n) is 3.91. The highest BCUT2D eigenvalue weighted by molar-refractivity contribution is 5.15. The Morgan fingerprint density at radius 3 is 2.58 bits per heavy atom. The second-order valence-electron chi connectivity index (χ2n) is 5.80. The predicted octanol–water partition coefficient (Wildman–Crippen LogP) is 3.42. The molecule has 1 aliphatic rings. The molecular weight excluding hydrogens is 232 g/mol. The Balaban J connectivity index is 2.19. The molecule has 1 aromatic rings. The number of benzene rings is 1. The van der Waals surface area contributed by atoms with Gasteiger partial charge in [0.25, 0.3) is 0 Å². The molecule has 0 bridgehead atoms. The summed E-state index contributed by atoms with van der Waals surface area (Å²) in [6.45, 7) is 7.50. The molecule has 1 saturated carbocycles. The van der Waals surface area contributed by atoms with Gasteiger partial charge in [0, 0.05) is 18.6 Å². The zero-order chi connectivity index (χ0) is 13.7. The normalized spacial score (nSPS) is 27.1. The second-order valence-corrected chi connectivity index (χ2v) is 5.80. The summed E-state index contributed by atoms with van der Waals surface area (Å²) in [5, 5.41) is 0. The van der Waals surface area contributed by atoms with Crippen molar-refractivity contribution in [2.75, 3.05) is 13.1 Å². The van der Waals surface area contributed by atoms with Gasteiger partial charge in [-0.15, -0.1) is 0 Å². The van der Waals surface area contributed by atoms with Crippen LogP contribution in [-0.2, 0) is 6.54 Å². The van der Waals surface area contributed by atoms with Gasteiger partial charge in [-0.05, 0) is 30.9 Å². The third-order valence-electron chi connectivity index (χ3n) is 5.00. The summed E-state index contributed by atoms with van der Waals surface area (Å²) in [4.78, 5) is 2.63. The first-order valence-corrected chi connectivity index (χ1v) is 7.76. The first kappa shape index (κ1) is 14.5. The van der Waals surface area contributed by atoms with Crippen LogP contribution in [0.25, 0.3) is 0 Å². The minimum absolute atomic E-state index is 0.235. The number of likely N-dealkylation sites (N-methyl/N-ethyl adjacent to an activating group) is 1. The van der Waals surface area contributed by atoms with E-state index in [0.717, 1.165) is 25.6 Å². The first-order valence-electron chi connectivity index (χ1n) is 7.76. The summed E-state index contributed by atoms with van der Waals surface area (Å²) in [6, 6.07) is 10.8. The smallest absolute Gasteiger partial charge is 0.0363 e. The summed E-state index contributed by atoms with van der Waals surface area (Å²) in [7, 11) is 0. The van der Waals surface area contributed by atoms with Crippen molar-refractivity contribution in [1.82, 2.24) is 4.90 Å². The average molecular weight is 260 g/mol. The van der Waals surface area contributed by atoms with E-state index in [1.807, 2.05) is 0 Å². The molecule has 1 aliphatic carbocycles. The Kier molecular flexibility index (Phi) is 5.00. The van der Waals surface area contributed by atoms with Crippen LogP contribution < -0.4 is 5.73 Å². The highest BCUT2D eigenvalue weighted by Crippen LogP contribution is 2.42. The molecule has 1 aromatic carbocycles. The van der Waals surface area contributed by atoms with Crippen LogP contribution in [0, 0.1) is 5.92 Å². The van der Waals surface area contributed by atoms with Gasteiger partial charge in [0.1, 0.15) is 0 Å². The maximum Gasteiger partial charge on any atom is 0.0363 e. The van der Waals surface area contributed by atoms with Crippen LogP contribution >= 0.6 is 0 Å². The molecular formula is C17H28N2. The van der Waals surface area contributed by atoms with Crippen molar-refractivity contribution >= 4 is 0 Å². The Morgan fingerprint density at radius 2 is 2.00 bits per heavy atom. The standard InChI is InChI=1S/C17H28N2/c1-3-16-11-8-12-17(16,14-18)19(4-2)13-15-9-6-5-7-10-15/h5-7,9-10,16H,3-4,8,11-14,18H2,1-2H3. The van der Waals surface area contributed by atoms with Crippen LogP contribution in [0.3, 0.4) is 0 Å². The van der Waals surface area contributed by atoms with Gasteiger partial charge in [0.05, 0.1) is 0 Å². The summed E-state index contributed by atoms with van der Waals surface area (Å²) in [5.74, 6) is 0.765. The van der Waals surface area contributed by atoms with Crippen LogP contribution in [0.2, 0.25) is 0 Å². The van der Waals surface area contributed by atoms with Gasteiger partial charge in [0.2, 0.25) is 0 Å². The number of rotatable bonds is 6. The topological polar surface area (TPSA) is 29.3 Å². The lowest BCUT2D eigenvalue weighted by Gasteiger charge is -2.44. The fourth-order valence-corrected chi connectivity index (χ4v) is 3.91. The summed E-state index contributed by atoms with van der Waals surface area (Å²) in [5.41, 5.74) is 7.86. The van der Waals surface area contributed by atoms with Gasteiger partial charge in [-0.2, -0.15) is 0 Å². The zero-order valence-electron chi connectivity index (χ0n) is 12.4. The molecule has 2 heteroatoms. The van der Waals surface area contributed by atoms with E-state index in [9.17, 15) is 0 Å². The molecule has 2 N–H and O–H groups in total. The first-order chi connectivity index (χ1) is 9.26. The van der Waals surface area contributed by atoms with Gasteiger partial charge in [0.15, 0.2) is 0 Å². The van der Waals surface area contributed by atoms with Gasteiger partial charge in [-0.1, -0.05) is 57.0 Å². The van der Waals surface area contributed by atoms with E-state index in [0.29, 0.717) is 0 Å². The molecule has 2 nitrogen and oxygen atoms in total. The molecule has 2 atom stereocenters. The van der Waals surface area contributed by atoms with Crippen molar-refractivity contribution in [2.45, 2.75) is 51.6 Å². The minimum atomic E-state index is 0.235. The number of hydrogen-bond donors (Lipinski definition) is 1. The van der Waals surface area contributed by atoms with Crippen LogP contribution in [-0.4, -0.2) is 23.5 Å². The SMILES string of the molecule is CCC1CCCC1(CN)N(CC)Cc1ccccc1. The van der Waals surface area contributed by atoms with Crippen molar-refractivity contribution in [3.8, 4) is 0 Å². The molecule has 0 amide bonds. The van der Waals surface area contributed by atoms with Crippen molar-refractivity contribution in [3.63, 3.8) is 0 Å². The average Bonchev–Trinajstić information content (AvgIpc) is 2.89. The zero-order valence-corrected chi connectivity index (χ0v) is 12.4. The third kappa shape index (κ3) is 2.85. The van der Waals surface area contributed by atoms with E-state index in [2.05, 4.69) is 49.1 Å². The third-order valence-corrected chi connectivity index (χ3v) is 5.00. The number of nitrogens with two attached hydrogens (primary N) is 1. The van der Waals surface area contributed by atoms with Crippen LogP contribution in [0.5, 0.6) is 0 Å². The second kappa shape index (κ2) is 6.53. The lowest BCUT2D eigenvalue weighted by Crippen LogP contribution is -2.55. The maximum atomic E-state index is 6.22. The lowest BCUT2D eigenvalue weighted by atomic mass is 9.83. The Labute approximate surface area is 118 Å². The molecule has 0 saturated heterocycles. The number of hydrogen-bond acceptors (Lipinski definition) is 2. The largest absolute Gasteiger partial charge is 0.329 e. The predicted molar refractivity (Wildman–Crippen MR) is 81.9 cm³/mol.